The summed E-state index contributed by atoms with van der Waals surface area (Å²) in [6.07, 6.45) is 9.80. The lowest BCUT2D eigenvalue weighted by molar-refractivity contribution is -0.150. The molecule has 4 fully saturated rings. The molecule has 3 amide bonds. The Balaban J connectivity index is 1.73. The third-order valence-electron chi connectivity index (χ3n) is 8.52. The van der Waals surface area contributed by atoms with Crippen LogP contribution in [0, 0.1) is 11.8 Å². The van der Waals surface area contributed by atoms with E-state index in [4.69, 9.17) is 4.74 Å². The van der Waals surface area contributed by atoms with Crippen LogP contribution in [-0.2, 0) is 19.1 Å². The Morgan fingerprint density at radius 1 is 1.17 bits per heavy atom. The largest absolute Gasteiger partial charge is 0.396 e. The summed E-state index contributed by atoms with van der Waals surface area (Å²) in [5.41, 5.74) is -1.05. The fourth-order valence-corrected chi connectivity index (χ4v) is 7.91. The number of halogens is 1. The number of fused-ring (bicyclic) bond motifs is 1. The standard InChI is InChI=1S/C27H40BrN3O5/c1-4-13-29(3)24(33)20-21-25(34)31(15-9-10-16-32)23(27(21)17-19(28)22(20)36-27)26(35)30(14-5-2)18-11-7-6-8-12-18/h4-5,18-23,32H,1-2,6-17H2,3H3/t19?,20-,21+,22-,23?,27?/m1/s1. The molecule has 3 aliphatic heterocycles. The number of ether oxygens (including phenoxy) is 1. The van der Waals surface area contributed by atoms with Crippen LogP contribution in [0.25, 0.3) is 0 Å². The molecule has 0 aromatic heterocycles. The number of nitrogens with zero attached hydrogens (tertiary/aromatic N) is 3. The van der Waals surface area contributed by atoms with Crippen LogP contribution in [0.15, 0.2) is 25.3 Å². The minimum Gasteiger partial charge on any atom is -0.396 e. The zero-order valence-electron chi connectivity index (χ0n) is 21.3. The van der Waals surface area contributed by atoms with Crippen molar-refractivity contribution in [1.29, 1.82) is 0 Å². The number of unbranched alkanes of at least 4 members (excludes halogenated alkanes) is 1. The van der Waals surface area contributed by atoms with Gasteiger partial charge in [-0.3, -0.25) is 14.4 Å². The number of carbonyl (C=O) groups is 3. The van der Waals surface area contributed by atoms with Crippen LogP contribution in [-0.4, -0.2) is 99.4 Å². The molecule has 2 bridgehead atoms. The molecule has 36 heavy (non-hydrogen) atoms. The Kier molecular flexibility index (Phi) is 8.62. The Morgan fingerprint density at radius 2 is 1.86 bits per heavy atom. The lowest BCUT2D eigenvalue weighted by atomic mass is 9.70. The van der Waals surface area contributed by atoms with Crippen LogP contribution < -0.4 is 0 Å². The smallest absolute Gasteiger partial charge is 0.248 e. The predicted molar refractivity (Wildman–Crippen MR) is 140 cm³/mol. The minimum atomic E-state index is -1.05. The van der Waals surface area contributed by atoms with Crippen LogP contribution in [0.5, 0.6) is 0 Å². The SMILES string of the molecule is C=CCN(C)C(=O)[C@H]1[C@@H]2OC3(CC2Br)C(C(=O)N(CC=C)C2CCCCC2)N(CCCCO)C(=O)[C@H]13. The average Bonchev–Trinajstić information content (AvgIpc) is 3.46. The van der Waals surface area contributed by atoms with E-state index in [1.807, 2.05) is 4.90 Å². The third-order valence-corrected chi connectivity index (χ3v) is 9.36. The molecule has 3 heterocycles. The molecule has 0 aromatic carbocycles. The van der Waals surface area contributed by atoms with Crippen molar-refractivity contribution in [2.75, 3.05) is 33.3 Å². The molecule has 200 valence electrons. The Labute approximate surface area is 222 Å². The third kappa shape index (κ3) is 4.56. The number of aliphatic hydroxyl groups is 1. The quantitative estimate of drug-likeness (QED) is 0.236. The lowest BCUT2D eigenvalue weighted by Crippen LogP contribution is -2.58. The van der Waals surface area contributed by atoms with Crippen LogP contribution in [0.4, 0.5) is 0 Å². The average molecular weight is 567 g/mol. The summed E-state index contributed by atoms with van der Waals surface area (Å²) in [6, 6.07) is -0.674. The molecule has 4 aliphatic rings. The van der Waals surface area contributed by atoms with Gasteiger partial charge in [0, 0.05) is 44.2 Å². The fourth-order valence-electron chi connectivity index (χ4n) is 6.97. The zero-order valence-corrected chi connectivity index (χ0v) is 22.9. The van der Waals surface area contributed by atoms with Gasteiger partial charge in [0.05, 0.1) is 17.9 Å². The van der Waals surface area contributed by atoms with E-state index < -0.39 is 29.6 Å². The maximum absolute atomic E-state index is 14.4. The summed E-state index contributed by atoms with van der Waals surface area (Å²) in [6.45, 7) is 8.80. The molecular weight excluding hydrogens is 526 g/mol. The number of rotatable bonds is 11. The minimum absolute atomic E-state index is 0.0232. The topological polar surface area (TPSA) is 90.4 Å². The van der Waals surface area contributed by atoms with Crippen LogP contribution >= 0.6 is 15.9 Å². The number of likely N-dealkylation sites (N-methyl/N-ethyl adjacent to an activating group) is 1. The van der Waals surface area contributed by atoms with Crippen molar-refractivity contribution in [3.05, 3.63) is 25.3 Å². The molecule has 9 heteroatoms. The van der Waals surface area contributed by atoms with Gasteiger partial charge in [0.25, 0.3) is 0 Å². The lowest BCUT2D eigenvalue weighted by Gasteiger charge is -2.41. The second-order valence-electron chi connectivity index (χ2n) is 10.7. The summed E-state index contributed by atoms with van der Waals surface area (Å²) in [5, 5.41) is 9.36. The second kappa shape index (κ2) is 11.4. The predicted octanol–water partition coefficient (Wildman–Crippen LogP) is 2.50. The molecular formula is C27H40BrN3O5. The number of hydrogen-bond acceptors (Lipinski definition) is 5. The van der Waals surface area contributed by atoms with E-state index in [-0.39, 0.29) is 35.2 Å². The van der Waals surface area contributed by atoms with E-state index in [2.05, 4.69) is 29.1 Å². The fraction of sp³-hybridized carbons (Fsp3) is 0.741. The highest BCUT2D eigenvalue weighted by atomic mass is 79.9. The molecule has 3 unspecified atom stereocenters. The summed E-state index contributed by atoms with van der Waals surface area (Å²) in [5.74, 6) is -1.78. The van der Waals surface area contributed by atoms with E-state index in [1.54, 1.807) is 29.0 Å². The van der Waals surface area contributed by atoms with Gasteiger partial charge in [0.1, 0.15) is 11.6 Å². The first-order valence-electron chi connectivity index (χ1n) is 13.3. The summed E-state index contributed by atoms with van der Waals surface area (Å²) in [4.78, 5) is 47.0. The Hall–Kier alpha value is -1.71. The van der Waals surface area contributed by atoms with E-state index in [9.17, 15) is 19.5 Å². The molecule has 8 nitrogen and oxygen atoms in total. The van der Waals surface area contributed by atoms with E-state index in [0.717, 1.165) is 25.7 Å². The first-order chi connectivity index (χ1) is 17.3. The van der Waals surface area contributed by atoms with Gasteiger partial charge in [-0.2, -0.15) is 0 Å². The molecule has 0 radical (unpaired) electrons. The van der Waals surface area contributed by atoms with Crippen molar-refractivity contribution in [3.63, 3.8) is 0 Å². The summed E-state index contributed by atoms with van der Waals surface area (Å²) < 4.78 is 6.61. The van der Waals surface area contributed by atoms with E-state index in [1.165, 1.54) is 6.42 Å². The number of aliphatic hydroxyl groups excluding tert-OH is 1. The molecule has 1 spiro atoms. The number of hydrogen-bond donors (Lipinski definition) is 1. The van der Waals surface area contributed by atoms with Gasteiger partial charge in [0.15, 0.2) is 0 Å². The highest BCUT2D eigenvalue weighted by Crippen LogP contribution is 2.60. The van der Waals surface area contributed by atoms with E-state index >= 15 is 0 Å². The van der Waals surface area contributed by atoms with E-state index in [0.29, 0.717) is 38.9 Å². The molecule has 6 atom stereocenters. The highest BCUT2D eigenvalue weighted by Gasteiger charge is 2.76. The molecule has 1 saturated carbocycles. The van der Waals surface area contributed by atoms with Crippen molar-refractivity contribution in [2.45, 2.75) is 80.0 Å². The Bertz CT molecular complexity index is 877. The maximum Gasteiger partial charge on any atom is 0.248 e. The zero-order chi connectivity index (χ0) is 26.0. The molecule has 4 rings (SSSR count). The van der Waals surface area contributed by atoms with Crippen LogP contribution in [0.2, 0.25) is 0 Å². The van der Waals surface area contributed by atoms with Gasteiger partial charge in [-0.1, -0.05) is 47.3 Å². The normalized spacial score (nSPS) is 33.5. The second-order valence-corrected chi connectivity index (χ2v) is 11.9. The number of carbonyl (C=O) groups excluding carboxylic acids is 3. The van der Waals surface area contributed by atoms with Gasteiger partial charge in [-0.25, -0.2) is 0 Å². The first kappa shape index (κ1) is 27.3. The number of alkyl halides is 1. The number of likely N-dealkylation sites (tertiary alicyclic amines) is 1. The maximum atomic E-state index is 14.4. The summed E-state index contributed by atoms with van der Waals surface area (Å²) >= 11 is 3.73. The highest BCUT2D eigenvalue weighted by molar-refractivity contribution is 9.09. The monoisotopic (exact) mass is 565 g/mol. The van der Waals surface area contributed by atoms with Crippen LogP contribution in [0.1, 0.15) is 51.4 Å². The van der Waals surface area contributed by atoms with Crippen LogP contribution in [0.3, 0.4) is 0 Å². The molecule has 3 saturated heterocycles. The Morgan fingerprint density at radius 3 is 2.50 bits per heavy atom. The number of amides is 3. The van der Waals surface area contributed by atoms with Gasteiger partial charge in [-0.05, 0) is 32.1 Å². The van der Waals surface area contributed by atoms with Crippen molar-refractivity contribution < 1.29 is 24.2 Å². The molecule has 0 aromatic rings. The molecule has 1 N–H and O–H groups in total. The first-order valence-corrected chi connectivity index (χ1v) is 14.2. The van der Waals surface area contributed by atoms with Crippen molar-refractivity contribution in [1.82, 2.24) is 14.7 Å². The van der Waals surface area contributed by atoms with Crippen molar-refractivity contribution >= 4 is 33.7 Å². The van der Waals surface area contributed by atoms with Gasteiger partial charge in [0.2, 0.25) is 17.7 Å². The summed E-state index contributed by atoms with van der Waals surface area (Å²) in [7, 11) is 1.71. The van der Waals surface area contributed by atoms with Crippen molar-refractivity contribution in [2.24, 2.45) is 11.8 Å². The van der Waals surface area contributed by atoms with Gasteiger partial charge >= 0.3 is 0 Å². The van der Waals surface area contributed by atoms with Crippen molar-refractivity contribution in [3.8, 4) is 0 Å². The molecule has 1 aliphatic carbocycles. The van der Waals surface area contributed by atoms with Gasteiger partial charge < -0.3 is 24.5 Å². The van der Waals surface area contributed by atoms with Gasteiger partial charge in [-0.15, -0.1) is 13.2 Å².